The highest BCUT2D eigenvalue weighted by molar-refractivity contribution is 5.78. The number of likely N-dealkylation sites (N-methyl/N-ethyl adjacent to an activating group) is 1. The van der Waals surface area contributed by atoms with Crippen molar-refractivity contribution in [3.63, 3.8) is 0 Å². The molecule has 0 bridgehead atoms. The molecule has 3 heterocycles. The Morgan fingerprint density at radius 1 is 1.28 bits per heavy atom. The molecule has 1 aliphatic heterocycles. The minimum Gasteiger partial charge on any atom is -0.391 e. The minimum absolute atomic E-state index is 0.112. The van der Waals surface area contributed by atoms with Crippen LogP contribution in [0.2, 0.25) is 0 Å². The molecule has 8 heteroatoms. The van der Waals surface area contributed by atoms with Crippen molar-refractivity contribution >= 4 is 22.5 Å². The molecule has 8 nitrogen and oxygen atoms in total. The lowest BCUT2D eigenvalue weighted by Crippen LogP contribution is -2.38. The molecule has 0 amide bonds. The third-order valence-electron chi connectivity index (χ3n) is 5.21. The van der Waals surface area contributed by atoms with Crippen molar-refractivity contribution in [1.29, 1.82) is 0 Å². The van der Waals surface area contributed by atoms with Crippen LogP contribution >= 0.6 is 0 Å². The lowest BCUT2D eigenvalue weighted by atomic mass is 10.1. The highest BCUT2D eigenvalue weighted by Gasteiger charge is 2.32. The van der Waals surface area contributed by atoms with E-state index >= 15 is 0 Å². The molecular formula is C21H26N6O2. The van der Waals surface area contributed by atoms with Crippen molar-refractivity contribution in [3.05, 3.63) is 58.6 Å². The van der Waals surface area contributed by atoms with Gasteiger partial charge in [-0.1, -0.05) is 18.2 Å². The van der Waals surface area contributed by atoms with Gasteiger partial charge in [-0.05, 0) is 38.0 Å². The Morgan fingerprint density at radius 3 is 2.93 bits per heavy atom. The molecule has 0 unspecified atom stereocenters. The molecule has 1 fully saturated rings. The Kier molecular flexibility index (Phi) is 5.46. The summed E-state index contributed by atoms with van der Waals surface area (Å²) >= 11 is 0. The molecule has 3 aromatic rings. The van der Waals surface area contributed by atoms with Gasteiger partial charge < -0.3 is 25.2 Å². The Morgan fingerprint density at radius 2 is 2.10 bits per heavy atom. The molecule has 0 radical (unpaired) electrons. The van der Waals surface area contributed by atoms with E-state index in [9.17, 15) is 9.90 Å². The number of aromatic amines is 1. The van der Waals surface area contributed by atoms with Gasteiger partial charge in [0.05, 0.1) is 6.10 Å². The van der Waals surface area contributed by atoms with E-state index in [1.54, 1.807) is 0 Å². The Bertz CT molecular complexity index is 1050. The first kappa shape index (κ1) is 19.4. The van der Waals surface area contributed by atoms with Crippen molar-refractivity contribution < 1.29 is 5.11 Å². The number of hydrogen-bond donors (Lipinski definition) is 3. The van der Waals surface area contributed by atoms with Crippen LogP contribution in [-0.2, 0) is 6.54 Å². The quantitative estimate of drug-likeness (QED) is 0.582. The SMILES string of the molecule is CN(C)C[C@H]1C[C@@H](O)CN1c1cc(NCc2cc3ccccc3[nH]c2=O)ncn1. The van der Waals surface area contributed by atoms with Crippen molar-refractivity contribution in [2.75, 3.05) is 37.4 Å². The van der Waals surface area contributed by atoms with Crippen molar-refractivity contribution in [3.8, 4) is 0 Å². The number of hydrogen-bond acceptors (Lipinski definition) is 7. The van der Waals surface area contributed by atoms with Gasteiger partial charge in [0.2, 0.25) is 0 Å². The lowest BCUT2D eigenvalue weighted by molar-refractivity contribution is 0.191. The summed E-state index contributed by atoms with van der Waals surface area (Å²) < 4.78 is 0. The second-order valence-electron chi connectivity index (χ2n) is 7.78. The zero-order valence-corrected chi connectivity index (χ0v) is 16.7. The van der Waals surface area contributed by atoms with Crippen LogP contribution in [0.4, 0.5) is 11.6 Å². The largest absolute Gasteiger partial charge is 0.391 e. The fraction of sp³-hybridized carbons (Fsp3) is 0.381. The first-order valence-electron chi connectivity index (χ1n) is 9.76. The first-order valence-corrected chi connectivity index (χ1v) is 9.76. The summed E-state index contributed by atoms with van der Waals surface area (Å²) in [7, 11) is 4.05. The predicted octanol–water partition coefficient (Wildman–Crippen LogP) is 1.43. The number of pyridine rings is 1. The van der Waals surface area contributed by atoms with Crippen molar-refractivity contribution in [2.24, 2.45) is 0 Å². The van der Waals surface area contributed by atoms with Crippen LogP contribution in [0, 0.1) is 0 Å². The maximum absolute atomic E-state index is 12.3. The third-order valence-corrected chi connectivity index (χ3v) is 5.21. The van der Waals surface area contributed by atoms with Gasteiger partial charge in [0.1, 0.15) is 18.0 Å². The van der Waals surface area contributed by atoms with Crippen LogP contribution in [0.25, 0.3) is 10.9 Å². The number of anilines is 2. The molecule has 4 rings (SSSR count). The first-order chi connectivity index (χ1) is 14.0. The average Bonchev–Trinajstić information content (AvgIpc) is 3.06. The lowest BCUT2D eigenvalue weighted by Gasteiger charge is -2.27. The number of β-amino-alcohol motifs (C(OH)–C–C–N with tert-alkyl or cyclic N) is 1. The number of aliphatic hydroxyl groups excluding tert-OH is 1. The number of nitrogens with one attached hydrogen (secondary N) is 2. The highest BCUT2D eigenvalue weighted by Crippen LogP contribution is 2.25. The fourth-order valence-corrected chi connectivity index (χ4v) is 3.88. The van der Waals surface area contributed by atoms with E-state index in [0.29, 0.717) is 24.5 Å². The zero-order valence-electron chi connectivity index (χ0n) is 16.7. The maximum Gasteiger partial charge on any atom is 0.253 e. The number of H-pyrrole nitrogens is 1. The molecule has 1 saturated heterocycles. The molecular weight excluding hydrogens is 368 g/mol. The summed E-state index contributed by atoms with van der Waals surface area (Å²) in [6, 6.07) is 11.7. The predicted molar refractivity (Wildman–Crippen MR) is 114 cm³/mol. The number of aromatic nitrogens is 3. The van der Waals surface area contributed by atoms with Crippen LogP contribution in [0.15, 0.2) is 47.5 Å². The number of benzene rings is 1. The Labute approximate surface area is 169 Å². The van der Waals surface area contributed by atoms with Crippen LogP contribution in [0.5, 0.6) is 0 Å². The average molecular weight is 394 g/mol. The number of rotatable bonds is 6. The number of para-hydroxylation sites is 1. The molecule has 1 aromatic carbocycles. The molecule has 29 heavy (non-hydrogen) atoms. The smallest absolute Gasteiger partial charge is 0.253 e. The van der Waals surface area contributed by atoms with Crippen LogP contribution in [-0.4, -0.2) is 64.3 Å². The highest BCUT2D eigenvalue weighted by atomic mass is 16.3. The van der Waals surface area contributed by atoms with Crippen LogP contribution in [0.1, 0.15) is 12.0 Å². The van der Waals surface area contributed by atoms with Gasteiger partial charge in [-0.2, -0.15) is 0 Å². The van der Waals surface area contributed by atoms with Crippen LogP contribution in [0.3, 0.4) is 0 Å². The van der Waals surface area contributed by atoms with E-state index in [-0.39, 0.29) is 17.7 Å². The summed E-state index contributed by atoms with van der Waals surface area (Å²) in [5.74, 6) is 1.42. The summed E-state index contributed by atoms with van der Waals surface area (Å²) in [4.78, 5) is 28.2. The summed E-state index contributed by atoms with van der Waals surface area (Å²) in [5.41, 5.74) is 1.36. The molecule has 0 saturated carbocycles. The van der Waals surface area contributed by atoms with E-state index in [2.05, 4.69) is 30.1 Å². The molecule has 0 spiro atoms. The minimum atomic E-state index is -0.359. The second kappa shape index (κ2) is 8.18. The van der Waals surface area contributed by atoms with E-state index in [1.807, 2.05) is 50.5 Å². The van der Waals surface area contributed by atoms with Gasteiger partial charge in [0, 0.05) is 42.8 Å². The zero-order chi connectivity index (χ0) is 20.4. The maximum atomic E-state index is 12.3. The van der Waals surface area contributed by atoms with E-state index < -0.39 is 0 Å². The number of nitrogens with zero attached hydrogens (tertiary/aromatic N) is 4. The van der Waals surface area contributed by atoms with Gasteiger partial charge >= 0.3 is 0 Å². The molecule has 2 aromatic heterocycles. The van der Waals surface area contributed by atoms with Gasteiger partial charge in [-0.25, -0.2) is 9.97 Å². The summed E-state index contributed by atoms with van der Waals surface area (Å²) in [6.07, 6.45) is 1.87. The van der Waals surface area contributed by atoms with Crippen molar-refractivity contribution in [2.45, 2.75) is 25.1 Å². The molecule has 2 atom stereocenters. The van der Waals surface area contributed by atoms with E-state index in [0.717, 1.165) is 29.7 Å². The summed E-state index contributed by atoms with van der Waals surface area (Å²) in [6.45, 7) is 1.76. The van der Waals surface area contributed by atoms with Gasteiger partial charge in [-0.3, -0.25) is 4.79 Å². The number of fused-ring (bicyclic) bond motifs is 1. The van der Waals surface area contributed by atoms with E-state index in [1.165, 1.54) is 6.33 Å². The van der Waals surface area contributed by atoms with E-state index in [4.69, 9.17) is 0 Å². The molecule has 3 N–H and O–H groups in total. The Hall–Kier alpha value is -2.97. The molecule has 1 aliphatic rings. The fourth-order valence-electron chi connectivity index (χ4n) is 3.88. The monoisotopic (exact) mass is 394 g/mol. The standard InChI is InChI=1S/C21H26N6O2/c1-26(2)11-16-8-17(28)12-27(16)20-9-19(23-13-24-20)22-10-15-7-14-5-3-4-6-18(14)25-21(15)29/h3-7,9,13,16-17,28H,8,10-12H2,1-2H3,(H,25,29)(H,22,23,24)/t16-,17-/m1/s1. The van der Waals surface area contributed by atoms with Gasteiger partial charge in [0.15, 0.2) is 0 Å². The summed E-state index contributed by atoms with van der Waals surface area (Å²) in [5, 5.41) is 14.3. The van der Waals surface area contributed by atoms with Gasteiger partial charge in [0.25, 0.3) is 5.56 Å². The molecule has 0 aliphatic carbocycles. The topological polar surface area (TPSA) is 97.4 Å². The normalized spacial score (nSPS) is 19.2. The van der Waals surface area contributed by atoms with Crippen LogP contribution < -0.4 is 15.8 Å². The van der Waals surface area contributed by atoms with Gasteiger partial charge in [-0.15, -0.1) is 0 Å². The molecule has 152 valence electrons. The second-order valence-corrected chi connectivity index (χ2v) is 7.78. The Balaban J connectivity index is 1.51. The third kappa shape index (κ3) is 4.38. The van der Waals surface area contributed by atoms with Crippen molar-refractivity contribution in [1.82, 2.24) is 19.9 Å². The number of aliphatic hydroxyl groups is 1.